The Morgan fingerprint density at radius 3 is 2.75 bits per heavy atom. The molecule has 13 heteroatoms. The van der Waals surface area contributed by atoms with E-state index in [0.29, 0.717) is 29.8 Å². The molecule has 36 heavy (non-hydrogen) atoms. The van der Waals surface area contributed by atoms with Crippen LogP contribution in [0.4, 0.5) is 16.8 Å². The van der Waals surface area contributed by atoms with Gasteiger partial charge in [0.1, 0.15) is 22.0 Å². The minimum atomic E-state index is -3.77. The highest BCUT2D eigenvalue weighted by Crippen LogP contribution is 2.45. The van der Waals surface area contributed by atoms with Crippen LogP contribution >= 0.6 is 11.3 Å². The molecule has 0 aromatic carbocycles. The molecule has 3 aliphatic carbocycles. The van der Waals surface area contributed by atoms with Crippen LogP contribution in [0, 0.1) is 18.8 Å². The Morgan fingerprint density at radius 1 is 1.25 bits per heavy atom. The third-order valence-corrected chi connectivity index (χ3v) is 9.98. The lowest BCUT2D eigenvalue weighted by Crippen LogP contribution is -2.28. The summed E-state index contributed by atoms with van der Waals surface area (Å²) >= 11 is 1.40. The predicted molar refractivity (Wildman–Crippen MR) is 138 cm³/mol. The van der Waals surface area contributed by atoms with E-state index in [1.54, 1.807) is 11.0 Å². The molecular weight excluding hydrogens is 500 g/mol. The first-order valence-electron chi connectivity index (χ1n) is 12.4. The minimum Gasteiger partial charge on any atom is -0.316 e. The average molecular weight is 533 g/mol. The van der Waals surface area contributed by atoms with Gasteiger partial charge in [0.2, 0.25) is 21.9 Å². The Labute approximate surface area is 215 Å². The number of nitrogens with one attached hydrogen (secondary N) is 3. The van der Waals surface area contributed by atoms with Gasteiger partial charge in [-0.25, -0.2) is 13.1 Å². The smallest absolute Gasteiger partial charge is 0.243 e. The van der Waals surface area contributed by atoms with E-state index in [0.717, 1.165) is 60.5 Å². The van der Waals surface area contributed by atoms with Gasteiger partial charge < -0.3 is 10.6 Å². The van der Waals surface area contributed by atoms with Crippen LogP contribution in [0.25, 0.3) is 0 Å². The zero-order valence-corrected chi connectivity index (χ0v) is 22.0. The number of carbonyl (C=O) groups excluding carboxylic acids is 1. The van der Waals surface area contributed by atoms with Crippen molar-refractivity contribution in [2.75, 3.05) is 17.2 Å². The summed E-state index contributed by atoms with van der Waals surface area (Å²) in [7, 11) is -1.91. The van der Waals surface area contributed by atoms with Crippen molar-refractivity contribution in [1.29, 1.82) is 0 Å². The van der Waals surface area contributed by atoms with Crippen LogP contribution in [-0.4, -0.2) is 45.4 Å². The topological polar surface area (TPSA) is 136 Å². The first kappa shape index (κ1) is 23.6. The van der Waals surface area contributed by atoms with Gasteiger partial charge in [0.25, 0.3) is 0 Å². The number of hydrogen-bond donors (Lipinski definition) is 3. The molecule has 3 aromatic heterocycles. The highest BCUT2D eigenvalue weighted by atomic mass is 32.2. The van der Waals surface area contributed by atoms with Crippen LogP contribution in [0.5, 0.6) is 0 Å². The summed E-state index contributed by atoms with van der Waals surface area (Å²) < 4.78 is 33.6. The summed E-state index contributed by atoms with van der Waals surface area (Å²) in [5, 5.41) is 19.5. The highest BCUT2D eigenvalue weighted by Gasteiger charge is 2.37. The highest BCUT2D eigenvalue weighted by molar-refractivity contribution is 7.90. The second-order valence-corrected chi connectivity index (χ2v) is 12.9. The van der Waals surface area contributed by atoms with Gasteiger partial charge in [-0.2, -0.15) is 5.10 Å². The molecule has 0 saturated heterocycles. The number of nitrogens with zero attached hydrogens (tertiary/aromatic N) is 5. The molecule has 3 N–H and O–H groups in total. The van der Waals surface area contributed by atoms with Crippen molar-refractivity contribution in [2.24, 2.45) is 18.9 Å². The van der Waals surface area contributed by atoms with Crippen molar-refractivity contribution >= 4 is 44.0 Å². The maximum atomic E-state index is 13.5. The van der Waals surface area contributed by atoms with Crippen LogP contribution in [0.3, 0.4) is 0 Å². The quantitative estimate of drug-likeness (QED) is 0.385. The number of hydrogen-bond acceptors (Lipinski definition) is 8. The predicted octanol–water partition coefficient (Wildman–Crippen LogP) is 3.14. The SMILES string of the molecule is Cc1cc(Nc2nncn2[C@H]2CCc3sc(NC(=O)C4CC4)c(S(=O)(=O)NCC4CC4)c3C2)n(C)n1.[HH]. The number of aryl methyl sites for hydroxylation is 3. The molecule has 0 radical (unpaired) electrons. The Balaban J connectivity index is 0.00000280. The molecule has 2 fully saturated rings. The molecule has 2 saturated carbocycles. The fraction of sp³-hybridized carbons (Fsp3) is 0.565. The fourth-order valence-corrected chi connectivity index (χ4v) is 7.85. The van der Waals surface area contributed by atoms with E-state index in [-0.39, 0.29) is 24.2 Å². The number of amides is 1. The molecule has 3 aromatic rings. The number of aromatic nitrogens is 5. The molecule has 0 unspecified atom stereocenters. The van der Waals surface area contributed by atoms with Crippen LogP contribution in [0.15, 0.2) is 17.3 Å². The lowest BCUT2D eigenvalue weighted by Gasteiger charge is -2.25. The molecule has 1 amide bonds. The Hall–Kier alpha value is -2.77. The second-order valence-electron chi connectivity index (χ2n) is 10.1. The second kappa shape index (κ2) is 8.96. The first-order chi connectivity index (χ1) is 17.3. The molecule has 0 aliphatic heterocycles. The number of anilines is 3. The fourth-order valence-electron chi connectivity index (χ4n) is 4.77. The molecule has 1 atom stereocenters. The molecule has 11 nitrogen and oxygen atoms in total. The third kappa shape index (κ3) is 4.66. The van der Waals surface area contributed by atoms with Gasteiger partial charge in [-0.1, -0.05) is 0 Å². The molecule has 3 aliphatic rings. The third-order valence-electron chi connectivity index (χ3n) is 7.11. The van der Waals surface area contributed by atoms with E-state index in [9.17, 15) is 13.2 Å². The van der Waals surface area contributed by atoms with Crippen molar-refractivity contribution in [3.8, 4) is 0 Å². The normalized spacial score (nSPS) is 19.8. The van der Waals surface area contributed by atoms with E-state index in [1.165, 1.54) is 11.3 Å². The van der Waals surface area contributed by atoms with Crippen molar-refractivity contribution in [1.82, 2.24) is 29.3 Å². The summed E-state index contributed by atoms with van der Waals surface area (Å²) in [6, 6.07) is 1.91. The van der Waals surface area contributed by atoms with Crippen LogP contribution in [0.2, 0.25) is 0 Å². The van der Waals surface area contributed by atoms with Gasteiger partial charge >= 0.3 is 0 Å². The van der Waals surface area contributed by atoms with Gasteiger partial charge in [0, 0.05) is 37.9 Å². The number of thiophene rings is 1. The summed E-state index contributed by atoms with van der Waals surface area (Å²) in [6.07, 6.45) is 7.56. The Bertz CT molecular complexity index is 1420. The maximum Gasteiger partial charge on any atom is 0.243 e. The summed E-state index contributed by atoms with van der Waals surface area (Å²) in [5.41, 5.74) is 1.68. The number of fused-ring (bicyclic) bond motifs is 1. The Kier molecular flexibility index (Phi) is 5.88. The molecule has 0 bridgehead atoms. The van der Waals surface area contributed by atoms with E-state index in [2.05, 4.69) is 30.7 Å². The van der Waals surface area contributed by atoms with Crippen LogP contribution in [-0.2, 0) is 34.7 Å². The van der Waals surface area contributed by atoms with Crippen molar-refractivity contribution in [3.05, 3.63) is 28.5 Å². The molecule has 0 spiro atoms. The largest absolute Gasteiger partial charge is 0.316 e. The van der Waals surface area contributed by atoms with E-state index in [1.807, 2.05) is 24.6 Å². The van der Waals surface area contributed by atoms with Crippen molar-refractivity contribution in [2.45, 2.75) is 62.8 Å². The first-order valence-corrected chi connectivity index (χ1v) is 14.7. The number of rotatable bonds is 9. The Morgan fingerprint density at radius 2 is 2.06 bits per heavy atom. The average Bonchev–Trinajstić information content (AvgIpc) is 3.74. The maximum absolute atomic E-state index is 13.5. The molecule has 194 valence electrons. The molecule has 3 heterocycles. The molecule has 6 rings (SSSR count). The number of carbonyl (C=O) groups is 1. The monoisotopic (exact) mass is 532 g/mol. The summed E-state index contributed by atoms with van der Waals surface area (Å²) in [5.74, 6) is 1.70. The zero-order valence-electron chi connectivity index (χ0n) is 20.3. The van der Waals surface area contributed by atoms with Gasteiger partial charge in [-0.15, -0.1) is 21.5 Å². The van der Waals surface area contributed by atoms with E-state index >= 15 is 0 Å². The van der Waals surface area contributed by atoms with E-state index in [4.69, 9.17) is 0 Å². The van der Waals surface area contributed by atoms with E-state index < -0.39 is 10.0 Å². The lowest BCUT2D eigenvalue weighted by molar-refractivity contribution is -0.117. The van der Waals surface area contributed by atoms with Gasteiger partial charge in [-0.3, -0.25) is 14.0 Å². The standard InChI is InChI=1S/C23H30N8O3S2.H2/c1-13-9-19(30(2)29-13)26-23-28-24-12-31(23)16-7-8-18-17(10-16)20(36(33,34)25-11-14-3-4-14)22(35-18)27-21(32)15-5-6-15;/h9,12,14-16,25H,3-8,10-11H2,1-2H3,(H,26,28)(H,27,32);1H/t16-;/m0./s1. The summed E-state index contributed by atoms with van der Waals surface area (Å²) in [4.78, 5) is 13.9. The zero-order chi connectivity index (χ0) is 25.0. The van der Waals surface area contributed by atoms with Gasteiger partial charge in [-0.05, 0) is 63.4 Å². The molecular formula is C23H32N8O3S2. The van der Waals surface area contributed by atoms with Crippen LogP contribution in [0.1, 0.15) is 55.7 Å². The van der Waals surface area contributed by atoms with Crippen molar-refractivity contribution in [3.63, 3.8) is 0 Å². The number of sulfonamides is 1. The summed E-state index contributed by atoms with van der Waals surface area (Å²) in [6.45, 7) is 2.37. The minimum absolute atomic E-state index is 0. The van der Waals surface area contributed by atoms with Gasteiger partial charge in [0.15, 0.2) is 0 Å². The lowest BCUT2D eigenvalue weighted by atomic mass is 9.94. The van der Waals surface area contributed by atoms with Gasteiger partial charge in [0.05, 0.1) is 5.69 Å². The van der Waals surface area contributed by atoms with Crippen molar-refractivity contribution < 1.29 is 14.6 Å². The van der Waals surface area contributed by atoms with Crippen LogP contribution < -0.4 is 15.4 Å².